The number of hydrogen-bond donors (Lipinski definition) is 0. The van der Waals surface area contributed by atoms with Gasteiger partial charge in [0.05, 0.1) is 18.2 Å². The van der Waals surface area contributed by atoms with Crippen LogP contribution in [0.5, 0.6) is 11.5 Å². The first-order valence-corrected chi connectivity index (χ1v) is 11.3. The lowest BCUT2D eigenvalue weighted by Crippen LogP contribution is -1.86. The molecule has 0 aliphatic heterocycles. The van der Waals surface area contributed by atoms with Crippen molar-refractivity contribution >= 4 is 23.4 Å². The second-order valence-corrected chi connectivity index (χ2v) is 8.28. The number of ether oxygens (including phenoxy) is 1. The van der Waals surface area contributed by atoms with Crippen LogP contribution in [0.3, 0.4) is 0 Å². The van der Waals surface area contributed by atoms with Crippen molar-refractivity contribution in [1.29, 1.82) is 5.26 Å². The second kappa shape index (κ2) is 10.8. The minimum atomic E-state index is 0.602. The van der Waals surface area contributed by atoms with Crippen LogP contribution < -0.4 is 4.74 Å². The number of hydrogen-bond acceptors (Lipinski definition) is 2. The van der Waals surface area contributed by atoms with Crippen LogP contribution in [-0.2, 0) is 0 Å². The van der Waals surface area contributed by atoms with E-state index in [-0.39, 0.29) is 0 Å². The molecule has 4 aromatic rings. The van der Waals surface area contributed by atoms with Crippen molar-refractivity contribution in [3.63, 3.8) is 0 Å². The van der Waals surface area contributed by atoms with Crippen molar-refractivity contribution in [2.75, 3.05) is 0 Å². The van der Waals surface area contributed by atoms with Crippen molar-refractivity contribution in [3.05, 3.63) is 142 Å². The van der Waals surface area contributed by atoms with Gasteiger partial charge < -0.3 is 4.74 Å². The largest absolute Gasteiger partial charge is 0.457 e. The van der Waals surface area contributed by atoms with Crippen LogP contribution in [0.2, 0.25) is 0 Å². The van der Waals surface area contributed by atoms with Crippen LogP contribution in [0.4, 0.5) is 0 Å². The molecule has 0 saturated carbocycles. The fourth-order valence-corrected chi connectivity index (χ4v) is 3.54. The van der Waals surface area contributed by atoms with E-state index in [1.54, 1.807) is 0 Å². The van der Waals surface area contributed by atoms with Crippen molar-refractivity contribution < 1.29 is 4.74 Å². The van der Waals surface area contributed by atoms with Crippen molar-refractivity contribution in [3.8, 4) is 17.6 Å². The van der Waals surface area contributed by atoms with Gasteiger partial charge in [-0.05, 0) is 72.5 Å². The molecule has 0 heterocycles. The smallest absolute Gasteiger partial charge is 0.194 e. The molecule has 3 nitrogen and oxygen atoms in total. The Labute approximate surface area is 206 Å². The molecule has 3 heteroatoms. The van der Waals surface area contributed by atoms with E-state index in [4.69, 9.17) is 11.3 Å². The van der Waals surface area contributed by atoms with E-state index in [0.717, 1.165) is 27.8 Å². The molecular formula is C32H24N2O. The molecule has 0 aromatic heterocycles. The predicted molar refractivity (Wildman–Crippen MR) is 143 cm³/mol. The Kier molecular flexibility index (Phi) is 7.22. The van der Waals surface area contributed by atoms with E-state index >= 15 is 0 Å². The third-order valence-corrected chi connectivity index (χ3v) is 5.56. The first kappa shape index (κ1) is 23.3. The Morgan fingerprint density at radius 2 is 1.14 bits per heavy atom. The zero-order valence-electron chi connectivity index (χ0n) is 19.7. The van der Waals surface area contributed by atoms with Crippen LogP contribution in [0.1, 0.15) is 33.4 Å². The van der Waals surface area contributed by atoms with Gasteiger partial charge in [0.25, 0.3) is 0 Å². The fraction of sp³-hybridized carbons (Fsp3) is 0.0625. The lowest BCUT2D eigenvalue weighted by atomic mass is 10.0. The summed E-state index contributed by atoms with van der Waals surface area (Å²) in [6, 6.07) is 33.5. The van der Waals surface area contributed by atoms with Crippen molar-refractivity contribution in [2.45, 2.75) is 13.8 Å². The van der Waals surface area contributed by atoms with Gasteiger partial charge in [-0.15, -0.1) is 0 Å². The second-order valence-electron chi connectivity index (χ2n) is 8.28. The first-order valence-electron chi connectivity index (χ1n) is 11.3. The summed E-state index contributed by atoms with van der Waals surface area (Å²) in [4.78, 5) is 3.69. The van der Waals surface area contributed by atoms with Gasteiger partial charge in [0.15, 0.2) is 5.70 Å². The van der Waals surface area contributed by atoms with Gasteiger partial charge in [-0.3, -0.25) is 0 Å². The molecule has 35 heavy (non-hydrogen) atoms. The highest BCUT2D eigenvalue weighted by Gasteiger charge is 2.04. The summed E-state index contributed by atoms with van der Waals surface area (Å²) in [5, 5.41) is 9.56. The molecular weight excluding hydrogens is 428 g/mol. The van der Waals surface area contributed by atoms with E-state index < -0.39 is 0 Å². The molecule has 168 valence electrons. The topological polar surface area (TPSA) is 37.4 Å². The number of nitrogens with zero attached hydrogens (tertiary/aromatic N) is 2. The minimum absolute atomic E-state index is 0.602. The van der Waals surface area contributed by atoms with E-state index in [2.05, 4.69) is 10.9 Å². The Morgan fingerprint density at radius 1 is 0.686 bits per heavy atom. The van der Waals surface area contributed by atoms with Crippen LogP contribution in [0, 0.1) is 31.8 Å². The van der Waals surface area contributed by atoms with Crippen molar-refractivity contribution in [2.24, 2.45) is 0 Å². The quantitative estimate of drug-likeness (QED) is 0.167. The first-order chi connectivity index (χ1) is 17.0. The molecule has 4 rings (SSSR count). The standard InChI is InChI=1S/C32H24N2O/c1-23-4-12-27(13-5-23)29(22-33)20-25-8-16-30(17-9-25)35-31-18-10-26(11-19-31)21-32(34-3)28-14-6-24(2)7-15-28/h4-21H,1-2H3/b29-20+,32-21-. The Balaban J connectivity index is 1.45. The minimum Gasteiger partial charge on any atom is -0.457 e. The van der Waals surface area contributed by atoms with Gasteiger partial charge in [-0.1, -0.05) is 83.9 Å². The predicted octanol–water partition coefficient (Wildman–Crippen LogP) is 8.58. The highest BCUT2D eigenvalue weighted by Crippen LogP contribution is 2.26. The van der Waals surface area contributed by atoms with Crippen LogP contribution in [-0.4, -0.2) is 0 Å². The molecule has 0 saturated heterocycles. The maximum Gasteiger partial charge on any atom is 0.194 e. The normalized spacial score (nSPS) is 11.4. The van der Waals surface area contributed by atoms with Gasteiger partial charge in [0.2, 0.25) is 0 Å². The van der Waals surface area contributed by atoms with Crippen LogP contribution in [0.15, 0.2) is 97.1 Å². The maximum absolute atomic E-state index is 9.56. The monoisotopic (exact) mass is 452 g/mol. The zero-order valence-corrected chi connectivity index (χ0v) is 19.7. The summed E-state index contributed by atoms with van der Waals surface area (Å²) in [5.41, 5.74) is 7.21. The zero-order chi connectivity index (χ0) is 24.6. The molecule has 0 atom stereocenters. The van der Waals surface area contributed by atoms with E-state index in [9.17, 15) is 5.26 Å². The third kappa shape index (κ3) is 6.14. The molecule has 4 aromatic carbocycles. The average Bonchev–Trinajstić information content (AvgIpc) is 2.89. The highest BCUT2D eigenvalue weighted by atomic mass is 16.5. The SMILES string of the molecule is [C-]#[N+]/C(=C\c1ccc(Oc2ccc(/C=C(\C#N)c3ccc(C)cc3)cc2)cc1)c1ccc(C)cc1. The van der Waals surface area contributed by atoms with Gasteiger partial charge in [-0.25, -0.2) is 4.85 Å². The van der Waals surface area contributed by atoms with Crippen LogP contribution >= 0.6 is 0 Å². The number of benzene rings is 4. The number of aryl methyl sites for hydroxylation is 2. The third-order valence-electron chi connectivity index (χ3n) is 5.56. The van der Waals surface area contributed by atoms with E-state index in [0.29, 0.717) is 22.8 Å². The average molecular weight is 453 g/mol. The van der Waals surface area contributed by atoms with Crippen molar-refractivity contribution in [1.82, 2.24) is 0 Å². The summed E-state index contributed by atoms with van der Waals surface area (Å²) >= 11 is 0. The number of nitriles is 1. The maximum atomic E-state index is 9.56. The van der Waals surface area contributed by atoms with Gasteiger partial charge in [0, 0.05) is 0 Å². The summed E-state index contributed by atoms with van der Waals surface area (Å²) in [6.07, 6.45) is 3.75. The molecule has 0 unspecified atom stereocenters. The number of rotatable bonds is 6. The molecule has 0 aliphatic carbocycles. The lowest BCUT2D eigenvalue weighted by molar-refractivity contribution is 0.482. The van der Waals surface area contributed by atoms with E-state index in [1.807, 2.05) is 123 Å². The molecule has 0 bridgehead atoms. The Bertz CT molecular complexity index is 1330. The van der Waals surface area contributed by atoms with Gasteiger partial charge in [0.1, 0.15) is 11.5 Å². The molecule has 0 radical (unpaired) electrons. The van der Waals surface area contributed by atoms with Crippen LogP contribution in [0.25, 0.3) is 28.3 Å². The molecule has 0 spiro atoms. The molecule has 0 aliphatic rings. The number of allylic oxidation sites excluding steroid dienone is 1. The highest BCUT2D eigenvalue weighted by molar-refractivity contribution is 5.89. The summed E-state index contributed by atoms with van der Waals surface area (Å²) in [5.74, 6) is 1.42. The fourth-order valence-electron chi connectivity index (χ4n) is 3.54. The molecule has 0 N–H and O–H groups in total. The summed E-state index contributed by atoms with van der Waals surface area (Å²) < 4.78 is 5.98. The molecule has 0 fully saturated rings. The van der Waals surface area contributed by atoms with Gasteiger partial charge in [-0.2, -0.15) is 5.26 Å². The van der Waals surface area contributed by atoms with E-state index in [1.165, 1.54) is 5.56 Å². The summed E-state index contributed by atoms with van der Waals surface area (Å²) in [6.45, 7) is 11.6. The lowest BCUT2D eigenvalue weighted by Gasteiger charge is -2.07. The van der Waals surface area contributed by atoms with Gasteiger partial charge >= 0.3 is 0 Å². The Morgan fingerprint density at radius 3 is 1.60 bits per heavy atom. The molecule has 0 amide bonds. The summed E-state index contributed by atoms with van der Waals surface area (Å²) in [7, 11) is 0. The Hall–Kier alpha value is -4.86.